The molecule has 3 aromatic heterocycles. The molecule has 34 heavy (non-hydrogen) atoms. The fraction of sp³-hybridized carbons (Fsp3) is 0.217. The maximum Gasteiger partial charge on any atom is 0.418 e. The number of anilines is 1. The van der Waals surface area contributed by atoms with Crippen LogP contribution < -0.4 is 15.8 Å². The molecule has 1 aliphatic rings. The van der Waals surface area contributed by atoms with Crippen molar-refractivity contribution >= 4 is 17.2 Å². The summed E-state index contributed by atoms with van der Waals surface area (Å²) in [6.07, 6.45) is -1.51. The number of benzene rings is 1. The first-order valence-electron chi connectivity index (χ1n) is 10.4. The van der Waals surface area contributed by atoms with Crippen molar-refractivity contribution in [1.82, 2.24) is 24.9 Å². The molecule has 1 amide bonds. The van der Waals surface area contributed by atoms with E-state index in [2.05, 4.69) is 20.4 Å². The van der Waals surface area contributed by atoms with E-state index in [0.717, 1.165) is 28.9 Å². The Bertz CT molecular complexity index is 1390. The number of amides is 1. The van der Waals surface area contributed by atoms with Crippen LogP contribution in [0.2, 0.25) is 0 Å². The molecule has 0 radical (unpaired) electrons. The molecule has 2 unspecified atom stereocenters. The van der Waals surface area contributed by atoms with E-state index >= 15 is 0 Å². The van der Waals surface area contributed by atoms with E-state index in [1.54, 1.807) is 0 Å². The Hall–Kier alpha value is -4.15. The maximum atomic E-state index is 13.7. The second-order valence-corrected chi connectivity index (χ2v) is 7.96. The molecule has 0 saturated heterocycles. The summed E-state index contributed by atoms with van der Waals surface area (Å²) in [5, 5.41) is 6.89. The third-order valence-corrected chi connectivity index (χ3v) is 5.81. The Morgan fingerprint density at radius 3 is 2.68 bits per heavy atom. The second kappa shape index (κ2) is 8.01. The molecule has 2 atom stereocenters. The summed E-state index contributed by atoms with van der Waals surface area (Å²) in [4.78, 5) is 20.9. The minimum Gasteiger partial charge on any atom is -0.480 e. The number of rotatable bonds is 5. The van der Waals surface area contributed by atoms with Gasteiger partial charge in [0.05, 0.1) is 18.4 Å². The van der Waals surface area contributed by atoms with Crippen molar-refractivity contribution in [3.05, 3.63) is 71.7 Å². The van der Waals surface area contributed by atoms with Gasteiger partial charge < -0.3 is 15.8 Å². The van der Waals surface area contributed by atoms with Crippen LogP contribution in [0.5, 0.6) is 5.88 Å². The average molecular weight is 468 g/mol. The molecule has 8 nitrogen and oxygen atoms in total. The van der Waals surface area contributed by atoms with Crippen LogP contribution in [0.4, 0.5) is 19.0 Å². The summed E-state index contributed by atoms with van der Waals surface area (Å²) in [5.74, 6) is -0.477. The quantitative estimate of drug-likeness (QED) is 0.463. The molecule has 11 heteroatoms. The molecule has 0 spiro atoms. The molecule has 3 heterocycles. The molecular formula is C23H19F3N6O2. The lowest BCUT2D eigenvalue weighted by Gasteiger charge is -2.11. The zero-order valence-corrected chi connectivity index (χ0v) is 17.9. The van der Waals surface area contributed by atoms with Gasteiger partial charge >= 0.3 is 6.18 Å². The van der Waals surface area contributed by atoms with Gasteiger partial charge in [0, 0.05) is 23.7 Å². The SMILES string of the molecule is COc1ncc(-c2cc(C(F)(F)F)c3c(N)ncnn23)cc1C(=O)NC1CC1c1ccccc1. The lowest BCUT2D eigenvalue weighted by molar-refractivity contribution is -0.136. The van der Waals surface area contributed by atoms with E-state index in [1.807, 2.05) is 30.3 Å². The standard InChI is InChI=1S/C23H19F3N6O2/c1-34-22-15(21(33)31-17-8-14(17)12-5-3-2-4-6-12)7-13(10-28-22)18-9-16(23(24,25)26)19-20(27)29-11-30-32(18)19/h2-7,9-11,14,17H,8H2,1H3,(H,31,33)(H2,27,29,30). The Morgan fingerprint density at radius 1 is 1.21 bits per heavy atom. The monoisotopic (exact) mass is 468 g/mol. The second-order valence-electron chi connectivity index (χ2n) is 7.96. The van der Waals surface area contributed by atoms with Crippen LogP contribution in [0.15, 0.2) is 55.0 Å². The van der Waals surface area contributed by atoms with Gasteiger partial charge in [0.2, 0.25) is 5.88 Å². The van der Waals surface area contributed by atoms with E-state index in [1.165, 1.54) is 19.4 Å². The van der Waals surface area contributed by atoms with Crippen molar-refractivity contribution in [3.8, 4) is 17.1 Å². The number of carbonyl (C=O) groups is 1. The molecule has 0 bridgehead atoms. The maximum absolute atomic E-state index is 13.7. The number of alkyl halides is 3. The number of ether oxygens (including phenoxy) is 1. The topological polar surface area (TPSA) is 107 Å². The number of methoxy groups -OCH3 is 1. The van der Waals surface area contributed by atoms with Crippen LogP contribution in [0.1, 0.15) is 33.8 Å². The summed E-state index contributed by atoms with van der Waals surface area (Å²) in [5.41, 5.74) is 5.91. The molecule has 0 aliphatic heterocycles. The van der Waals surface area contributed by atoms with Gasteiger partial charge in [0.25, 0.3) is 5.91 Å². The molecule has 3 N–H and O–H groups in total. The van der Waals surface area contributed by atoms with Gasteiger partial charge in [0.15, 0.2) is 5.82 Å². The van der Waals surface area contributed by atoms with Gasteiger partial charge in [-0.3, -0.25) is 4.79 Å². The fourth-order valence-corrected chi connectivity index (χ4v) is 4.08. The van der Waals surface area contributed by atoms with Crippen LogP contribution in [0.3, 0.4) is 0 Å². The molecule has 1 aliphatic carbocycles. The van der Waals surface area contributed by atoms with E-state index in [4.69, 9.17) is 10.5 Å². The highest BCUT2D eigenvalue weighted by Crippen LogP contribution is 2.41. The third-order valence-electron chi connectivity index (χ3n) is 5.81. The molecule has 1 aromatic carbocycles. The highest BCUT2D eigenvalue weighted by Gasteiger charge is 2.40. The number of pyridine rings is 1. The van der Waals surface area contributed by atoms with Crippen molar-refractivity contribution in [2.24, 2.45) is 0 Å². The third kappa shape index (κ3) is 3.78. The molecule has 4 aromatic rings. The van der Waals surface area contributed by atoms with Crippen molar-refractivity contribution in [2.75, 3.05) is 12.8 Å². The first kappa shape index (κ1) is 21.7. The number of fused-ring (bicyclic) bond motifs is 1. The summed E-state index contributed by atoms with van der Waals surface area (Å²) in [6.45, 7) is 0. The van der Waals surface area contributed by atoms with Crippen molar-refractivity contribution in [2.45, 2.75) is 24.6 Å². The van der Waals surface area contributed by atoms with E-state index < -0.39 is 17.6 Å². The summed E-state index contributed by atoms with van der Waals surface area (Å²) >= 11 is 0. The number of halogens is 3. The number of carbonyl (C=O) groups excluding carboxylic acids is 1. The number of hydrogen-bond acceptors (Lipinski definition) is 6. The smallest absolute Gasteiger partial charge is 0.418 e. The van der Waals surface area contributed by atoms with Crippen LogP contribution in [0, 0.1) is 0 Å². The van der Waals surface area contributed by atoms with Gasteiger partial charge in [-0.1, -0.05) is 30.3 Å². The Kier molecular flexibility index (Phi) is 5.11. The zero-order chi connectivity index (χ0) is 24.0. The fourth-order valence-electron chi connectivity index (χ4n) is 4.08. The van der Waals surface area contributed by atoms with Gasteiger partial charge in [-0.15, -0.1) is 0 Å². The lowest BCUT2D eigenvalue weighted by Crippen LogP contribution is -2.27. The summed E-state index contributed by atoms with van der Waals surface area (Å²) in [6, 6.07) is 12.1. The van der Waals surface area contributed by atoms with E-state index in [9.17, 15) is 18.0 Å². The van der Waals surface area contributed by atoms with Crippen LogP contribution >= 0.6 is 0 Å². The molecule has 5 rings (SSSR count). The Morgan fingerprint density at radius 2 is 1.97 bits per heavy atom. The minimum absolute atomic E-state index is 0.0539. The molecular weight excluding hydrogens is 449 g/mol. The van der Waals surface area contributed by atoms with Crippen molar-refractivity contribution < 1.29 is 22.7 Å². The number of nitrogen functional groups attached to an aromatic ring is 1. The normalized spacial score (nSPS) is 17.5. The predicted octanol–water partition coefficient (Wildman–Crippen LogP) is 3.69. The van der Waals surface area contributed by atoms with E-state index in [0.29, 0.717) is 0 Å². The number of aromatic nitrogens is 4. The van der Waals surface area contributed by atoms with E-state index in [-0.39, 0.29) is 46.0 Å². The highest BCUT2D eigenvalue weighted by atomic mass is 19.4. The van der Waals surface area contributed by atoms with Crippen LogP contribution in [0.25, 0.3) is 16.8 Å². The van der Waals surface area contributed by atoms with Gasteiger partial charge in [0.1, 0.15) is 17.4 Å². The minimum atomic E-state index is -4.68. The zero-order valence-electron chi connectivity index (χ0n) is 17.9. The first-order valence-corrected chi connectivity index (χ1v) is 10.4. The number of hydrogen-bond donors (Lipinski definition) is 2. The molecule has 174 valence electrons. The van der Waals surface area contributed by atoms with Crippen molar-refractivity contribution in [1.29, 1.82) is 0 Å². The summed E-state index contributed by atoms with van der Waals surface area (Å²) < 4.78 is 47.2. The van der Waals surface area contributed by atoms with Gasteiger partial charge in [-0.2, -0.15) is 18.3 Å². The van der Waals surface area contributed by atoms with Crippen molar-refractivity contribution in [3.63, 3.8) is 0 Å². The first-order chi connectivity index (χ1) is 16.3. The summed E-state index contributed by atoms with van der Waals surface area (Å²) in [7, 11) is 1.37. The number of nitrogens with one attached hydrogen (secondary N) is 1. The van der Waals surface area contributed by atoms with Crippen LogP contribution in [-0.2, 0) is 6.18 Å². The Balaban J connectivity index is 1.50. The Labute approximate surface area is 191 Å². The predicted molar refractivity (Wildman–Crippen MR) is 117 cm³/mol. The number of nitrogens with zero attached hydrogens (tertiary/aromatic N) is 4. The highest BCUT2D eigenvalue weighted by molar-refractivity contribution is 5.98. The van der Waals surface area contributed by atoms with Crippen LogP contribution in [-0.4, -0.2) is 38.6 Å². The average Bonchev–Trinajstić information content (AvgIpc) is 3.46. The molecule has 1 fully saturated rings. The number of nitrogens with two attached hydrogens (primary N) is 1. The lowest BCUT2D eigenvalue weighted by atomic mass is 10.1. The van der Waals surface area contributed by atoms with Gasteiger partial charge in [-0.05, 0) is 24.1 Å². The molecule has 1 saturated carbocycles. The van der Waals surface area contributed by atoms with Gasteiger partial charge in [-0.25, -0.2) is 14.5 Å². The largest absolute Gasteiger partial charge is 0.480 e.